The largest absolute Gasteiger partial charge is 0.465 e. The van der Waals surface area contributed by atoms with Gasteiger partial charge in [-0.1, -0.05) is 42.0 Å². The molecule has 20 heavy (non-hydrogen) atoms. The molecule has 0 aromatic heterocycles. The number of nitrogens with one attached hydrogen (secondary N) is 1. The normalized spacial score (nSPS) is 11.8. The predicted molar refractivity (Wildman–Crippen MR) is 81.0 cm³/mol. The molecule has 0 radical (unpaired) electrons. The van der Waals surface area contributed by atoms with E-state index in [4.69, 9.17) is 4.74 Å². The Morgan fingerprint density at radius 3 is 2.40 bits per heavy atom. The molecule has 3 nitrogen and oxygen atoms in total. The maximum Gasteiger partial charge on any atom is 0.339 e. The molecule has 0 aliphatic heterocycles. The van der Waals surface area contributed by atoms with Gasteiger partial charge in [0.15, 0.2) is 0 Å². The smallest absolute Gasteiger partial charge is 0.339 e. The van der Waals surface area contributed by atoms with Crippen molar-refractivity contribution in [3.63, 3.8) is 0 Å². The molecule has 0 fully saturated rings. The van der Waals surface area contributed by atoms with Gasteiger partial charge in [0.25, 0.3) is 0 Å². The Hall–Kier alpha value is -2.29. The van der Waals surface area contributed by atoms with Crippen LogP contribution in [0.15, 0.2) is 48.5 Å². The van der Waals surface area contributed by atoms with E-state index in [2.05, 4.69) is 43.4 Å². The highest BCUT2D eigenvalue weighted by atomic mass is 16.5. The van der Waals surface area contributed by atoms with Gasteiger partial charge in [-0.25, -0.2) is 4.79 Å². The Morgan fingerprint density at radius 2 is 1.75 bits per heavy atom. The van der Waals surface area contributed by atoms with E-state index in [9.17, 15) is 4.79 Å². The zero-order valence-electron chi connectivity index (χ0n) is 12.0. The quantitative estimate of drug-likeness (QED) is 0.854. The summed E-state index contributed by atoms with van der Waals surface area (Å²) >= 11 is 0. The number of aryl methyl sites for hydroxylation is 1. The first-order chi connectivity index (χ1) is 9.61. The van der Waals surface area contributed by atoms with Crippen molar-refractivity contribution in [2.24, 2.45) is 0 Å². The van der Waals surface area contributed by atoms with E-state index >= 15 is 0 Å². The van der Waals surface area contributed by atoms with Gasteiger partial charge in [0, 0.05) is 11.7 Å². The average Bonchev–Trinajstić information content (AvgIpc) is 2.47. The van der Waals surface area contributed by atoms with Gasteiger partial charge >= 0.3 is 5.97 Å². The van der Waals surface area contributed by atoms with E-state index in [0.29, 0.717) is 5.56 Å². The van der Waals surface area contributed by atoms with Crippen LogP contribution in [0.4, 0.5) is 5.69 Å². The van der Waals surface area contributed by atoms with Crippen LogP contribution in [0.5, 0.6) is 0 Å². The van der Waals surface area contributed by atoms with Crippen LogP contribution in [-0.2, 0) is 4.74 Å². The number of benzene rings is 2. The Kier molecular flexibility index (Phi) is 4.41. The average molecular weight is 269 g/mol. The van der Waals surface area contributed by atoms with Crippen molar-refractivity contribution >= 4 is 11.7 Å². The van der Waals surface area contributed by atoms with Crippen molar-refractivity contribution in [1.82, 2.24) is 0 Å². The van der Waals surface area contributed by atoms with E-state index in [0.717, 1.165) is 5.69 Å². The summed E-state index contributed by atoms with van der Waals surface area (Å²) in [7, 11) is 1.39. The summed E-state index contributed by atoms with van der Waals surface area (Å²) < 4.78 is 4.80. The van der Waals surface area contributed by atoms with Crippen LogP contribution in [0.2, 0.25) is 0 Å². The van der Waals surface area contributed by atoms with Crippen molar-refractivity contribution in [3.05, 3.63) is 65.2 Å². The van der Waals surface area contributed by atoms with E-state index in [1.54, 1.807) is 6.07 Å². The van der Waals surface area contributed by atoms with Gasteiger partial charge in [0.05, 0.1) is 12.7 Å². The lowest BCUT2D eigenvalue weighted by Crippen LogP contribution is -2.11. The fourth-order valence-corrected chi connectivity index (χ4v) is 2.07. The number of ether oxygens (including phenoxy) is 1. The molecule has 104 valence electrons. The molecule has 1 N–H and O–H groups in total. The third-order valence-electron chi connectivity index (χ3n) is 3.28. The minimum absolute atomic E-state index is 0.112. The molecule has 0 spiro atoms. The third kappa shape index (κ3) is 3.18. The molecular weight excluding hydrogens is 250 g/mol. The van der Waals surface area contributed by atoms with E-state index in [1.807, 2.05) is 18.2 Å². The van der Waals surface area contributed by atoms with Gasteiger partial charge in [-0.2, -0.15) is 0 Å². The number of carbonyl (C=O) groups is 1. The van der Waals surface area contributed by atoms with Crippen LogP contribution < -0.4 is 5.32 Å². The van der Waals surface area contributed by atoms with Crippen LogP contribution in [0.1, 0.15) is 34.5 Å². The molecule has 0 saturated heterocycles. The molecule has 3 heteroatoms. The fourth-order valence-electron chi connectivity index (χ4n) is 2.07. The van der Waals surface area contributed by atoms with Crippen molar-refractivity contribution < 1.29 is 9.53 Å². The first-order valence-corrected chi connectivity index (χ1v) is 6.62. The second-order valence-electron chi connectivity index (χ2n) is 4.81. The summed E-state index contributed by atoms with van der Waals surface area (Å²) in [5.74, 6) is -0.329. The Balaban J connectivity index is 2.21. The van der Waals surface area contributed by atoms with Crippen LogP contribution in [-0.4, -0.2) is 13.1 Å². The van der Waals surface area contributed by atoms with Gasteiger partial charge in [0.1, 0.15) is 0 Å². The number of anilines is 1. The summed E-state index contributed by atoms with van der Waals surface area (Å²) in [6, 6.07) is 15.8. The van der Waals surface area contributed by atoms with Crippen LogP contribution in [0, 0.1) is 6.92 Å². The molecular formula is C17H19NO2. The van der Waals surface area contributed by atoms with Crippen LogP contribution >= 0.6 is 0 Å². The monoisotopic (exact) mass is 269 g/mol. The highest BCUT2D eigenvalue weighted by Crippen LogP contribution is 2.23. The SMILES string of the molecule is COC(=O)c1ccccc1NC(C)c1ccc(C)cc1. The molecule has 0 amide bonds. The van der Waals surface area contributed by atoms with Crippen molar-refractivity contribution in [2.45, 2.75) is 19.9 Å². The molecule has 0 aliphatic rings. The Bertz CT molecular complexity index is 590. The van der Waals surface area contributed by atoms with Gasteiger partial charge in [-0.05, 0) is 31.5 Å². The number of para-hydroxylation sites is 1. The van der Waals surface area contributed by atoms with E-state index in [1.165, 1.54) is 18.2 Å². The molecule has 0 saturated carbocycles. The highest BCUT2D eigenvalue weighted by molar-refractivity contribution is 5.95. The molecule has 2 aromatic rings. The lowest BCUT2D eigenvalue weighted by atomic mass is 10.1. The summed E-state index contributed by atoms with van der Waals surface area (Å²) in [5, 5.41) is 3.36. The van der Waals surface area contributed by atoms with E-state index in [-0.39, 0.29) is 12.0 Å². The Labute approximate surface area is 119 Å². The summed E-state index contributed by atoms with van der Waals surface area (Å²) in [4.78, 5) is 11.7. The van der Waals surface area contributed by atoms with Gasteiger partial charge in [-0.3, -0.25) is 0 Å². The second-order valence-corrected chi connectivity index (χ2v) is 4.81. The lowest BCUT2D eigenvalue weighted by molar-refractivity contribution is 0.0602. The van der Waals surface area contributed by atoms with E-state index < -0.39 is 0 Å². The maximum atomic E-state index is 11.7. The number of rotatable bonds is 4. The van der Waals surface area contributed by atoms with Crippen LogP contribution in [0.25, 0.3) is 0 Å². The van der Waals surface area contributed by atoms with Crippen molar-refractivity contribution in [3.8, 4) is 0 Å². The number of carbonyl (C=O) groups excluding carboxylic acids is 1. The molecule has 1 unspecified atom stereocenters. The van der Waals surface area contributed by atoms with Crippen molar-refractivity contribution in [2.75, 3.05) is 12.4 Å². The summed E-state index contributed by atoms with van der Waals surface area (Å²) in [6.07, 6.45) is 0. The van der Waals surface area contributed by atoms with Gasteiger partial charge in [0.2, 0.25) is 0 Å². The molecule has 0 bridgehead atoms. The first-order valence-electron chi connectivity index (χ1n) is 6.62. The number of esters is 1. The van der Waals surface area contributed by atoms with Crippen LogP contribution in [0.3, 0.4) is 0 Å². The third-order valence-corrected chi connectivity index (χ3v) is 3.28. The zero-order chi connectivity index (χ0) is 14.5. The lowest BCUT2D eigenvalue weighted by Gasteiger charge is -2.18. The maximum absolute atomic E-state index is 11.7. The van der Waals surface area contributed by atoms with Crippen molar-refractivity contribution in [1.29, 1.82) is 0 Å². The first kappa shape index (κ1) is 14.1. The standard InChI is InChI=1S/C17H19NO2/c1-12-8-10-14(11-9-12)13(2)18-16-7-5-4-6-15(16)17(19)20-3/h4-11,13,18H,1-3H3. The van der Waals surface area contributed by atoms with Gasteiger partial charge in [-0.15, -0.1) is 0 Å². The highest BCUT2D eigenvalue weighted by Gasteiger charge is 2.13. The Morgan fingerprint density at radius 1 is 1.10 bits per heavy atom. The molecule has 2 aromatic carbocycles. The predicted octanol–water partition coefficient (Wildman–Crippen LogP) is 3.95. The second kappa shape index (κ2) is 6.24. The summed E-state index contributed by atoms with van der Waals surface area (Å²) in [6.45, 7) is 4.13. The topological polar surface area (TPSA) is 38.3 Å². The van der Waals surface area contributed by atoms with Gasteiger partial charge < -0.3 is 10.1 Å². The number of methoxy groups -OCH3 is 1. The zero-order valence-corrected chi connectivity index (χ0v) is 12.0. The number of hydrogen-bond acceptors (Lipinski definition) is 3. The number of hydrogen-bond donors (Lipinski definition) is 1. The minimum atomic E-state index is -0.329. The fraction of sp³-hybridized carbons (Fsp3) is 0.235. The summed E-state index contributed by atoms with van der Waals surface area (Å²) in [5.41, 5.74) is 3.74. The molecule has 2 rings (SSSR count). The molecule has 0 heterocycles. The molecule has 0 aliphatic carbocycles. The minimum Gasteiger partial charge on any atom is -0.465 e. The molecule has 1 atom stereocenters.